The van der Waals surface area contributed by atoms with Crippen molar-refractivity contribution in [1.82, 2.24) is 0 Å². The molecule has 0 amide bonds. The molecule has 0 aromatic carbocycles. The lowest BCUT2D eigenvalue weighted by atomic mass is 9.47. The Morgan fingerprint density at radius 1 is 1.04 bits per heavy atom. The van der Waals surface area contributed by atoms with E-state index in [2.05, 4.69) is 27.4 Å². The lowest BCUT2D eigenvalue weighted by molar-refractivity contribution is -0.320. The Hall–Kier alpha value is -0.540. The van der Waals surface area contributed by atoms with E-state index >= 15 is 0 Å². The van der Waals surface area contributed by atoms with Gasteiger partial charge in [0.15, 0.2) is 6.29 Å². The average molecular weight is 401 g/mol. The van der Waals surface area contributed by atoms with E-state index in [0.29, 0.717) is 12.3 Å². The van der Waals surface area contributed by atoms with Crippen molar-refractivity contribution >= 4 is 0 Å². The molecule has 0 spiro atoms. The van der Waals surface area contributed by atoms with Gasteiger partial charge in [-0.1, -0.05) is 32.9 Å². The maximum absolute atomic E-state index is 10.3. The molecule has 2 aliphatic carbocycles. The van der Waals surface area contributed by atoms with Gasteiger partial charge in [0.1, 0.15) is 24.4 Å². The summed E-state index contributed by atoms with van der Waals surface area (Å²) in [6.07, 6.45) is -3.22. The van der Waals surface area contributed by atoms with Crippen molar-refractivity contribution in [2.75, 3.05) is 13.2 Å². The van der Waals surface area contributed by atoms with E-state index in [9.17, 15) is 25.5 Å². The summed E-state index contributed by atoms with van der Waals surface area (Å²) in [6, 6.07) is 0. The normalized spacial score (nSPS) is 48.9. The van der Waals surface area contributed by atoms with Gasteiger partial charge in [-0.3, -0.25) is 0 Å². The largest absolute Gasteiger partial charge is 0.396 e. The fourth-order valence-corrected chi connectivity index (χ4v) is 6.21. The van der Waals surface area contributed by atoms with Gasteiger partial charge in [-0.15, -0.1) is 0 Å². The van der Waals surface area contributed by atoms with E-state index in [1.54, 1.807) is 0 Å². The monoisotopic (exact) mass is 400 g/mol. The van der Waals surface area contributed by atoms with Gasteiger partial charge in [0.25, 0.3) is 0 Å². The SMILES string of the molecule is C=C1CC[C@H]2C(C)(C)C[C@@H](O[C@@H]3O[C@H](CO)[C@@H](O)[C@H](O)[C@H]3O)C[C@]2(C)[C@H]1CO. The fourth-order valence-electron chi connectivity index (χ4n) is 6.21. The van der Waals surface area contributed by atoms with E-state index in [1.807, 2.05) is 0 Å². The number of hydrogen-bond donors (Lipinski definition) is 5. The molecule has 7 heteroatoms. The van der Waals surface area contributed by atoms with Crippen molar-refractivity contribution in [3.05, 3.63) is 12.2 Å². The molecule has 0 unspecified atom stereocenters. The lowest BCUT2D eigenvalue weighted by Gasteiger charge is -2.59. The predicted octanol–water partition coefficient (Wildman–Crippen LogP) is 0.572. The first-order chi connectivity index (χ1) is 13.0. The van der Waals surface area contributed by atoms with Crippen LogP contribution in [0.5, 0.6) is 0 Å². The molecule has 28 heavy (non-hydrogen) atoms. The highest BCUT2D eigenvalue weighted by Crippen LogP contribution is 2.61. The van der Waals surface area contributed by atoms with Gasteiger partial charge in [-0.2, -0.15) is 0 Å². The summed E-state index contributed by atoms with van der Waals surface area (Å²) in [6.45, 7) is 10.4. The van der Waals surface area contributed by atoms with E-state index < -0.39 is 37.3 Å². The minimum atomic E-state index is -1.45. The second kappa shape index (κ2) is 7.95. The minimum Gasteiger partial charge on any atom is -0.396 e. The molecule has 0 radical (unpaired) electrons. The first-order valence-electron chi connectivity index (χ1n) is 10.3. The zero-order valence-corrected chi connectivity index (χ0v) is 17.1. The third-order valence-electron chi connectivity index (χ3n) is 7.56. The van der Waals surface area contributed by atoms with Gasteiger partial charge in [0.2, 0.25) is 0 Å². The van der Waals surface area contributed by atoms with Gasteiger partial charge in [0, 0.05) is 5.92 Å². The Balaban J connectivity index is 1.81. The number of aliphatic hydroxyl groups excluding tert-OH is 5. The molecular weight excluding hydrogens is 364 g/mol. The molecule has 2 saturated carbocycles. The maximum Gasteiger partial charge on any atom is 0.186 e. The molecule has 1 heterocycles. The lowest BCUT2D eigenvalue weighted by Crippen LogP contribution is -2.61. The third-order valence-corrected chi connectivity index (χ3v) is 7.56. The summed E-state index contributed by atoms with van der Waals surface area (Å²) in [5, 5.41) is 49.8. The van der Waals surface area contributed by atoms with Crippen LogP contribution in [0.4, 0.5) is 0 Å². The predicted molar refractivity (Wildman–Crippen MR) is 102 cm³/mol. The molecule has 0 bridgehead atoms. The van der Waals surface area contributed by atoms with Crippen LogP contribution in [0.15, 0.2) is 12.2 Å². The van der Waals surface area contributed by atoms with E-state index in [0.717, 1.165) is 24.8 Å². The van der Waals surface area contributed by atoms with Crippen LogP contribution in [0.2, 0.25) is 0 Å². The van der Waals surface area contributed by atoms with Gasteiger partial charge in [0.05, 0.1) is 19.3 Å². The van der Waals surface area contributed by atoms with Crippen LogP contribution in [0.1, 0.15) is 46.5 Å². The molecule has 0 aromatic rings. The standard InChI is InChI=1S/C21H36O7/c1-11-5-6-15-20(2,3)7-12(8-21(15,4)13(11)9-22)27-19-18(26)17(25)16(24)14(10-23)28-19/h12-19,22-26H,1,5-10H2,2-4H3/t12-,13+,14-,15+,16-,17+,18-,19-,21-/m1/s1. The summed E-state index contributed by atoms with van der Waals surface area (Å²) in [7, 11) is 0. The molecule has 1 aliphatic heterocycles. The van der Waals surface area contributed by atoms with E-state index in [4.69, 9.17) is 9.47 Å². The third kappa shape index (κ3) is 3.67. The zero-order valence-electron chi connectivity index (χ0n) is 17.1. The van der Waals surface area contributed by atoms with Crippen LogP contribution in [0.3, 0.4) is 0 Å². The van der Waals surface area contributed by atoms with Crippen LogP contribution in [0.25, 0.3) is 0 Å². The fraction of sp³-hybridized carbons (Fsp3) is 0.905. The zero-order chi connectivity index (χ0) is 20.9. The molecule has 9 atom stereocenters. The number of aliphatic hydroxyl groups is 5. The molecule has 0 aromatic heterocycles. The Morgan fingerprint density at radius 2 is 1.71 bits per heavy atom. The first kappa shape index (κ1) is 22.2. The average Bonchev–Trinajstić information content (AvgIpc) is 2.60. The molecule has 5 N–H and O–H groups in total. The molecule has 3 aliphatic rings. The van der Waals surface area contributed by atoms with Crippen LogP contribution in [-0.2, 0) is 9.47 Å². The summed E-state index contributed by atoms with van der Waals surface area (Å²) in [5.41, 5.74) is 0.843. The summed E-state index contributed by atoms with van der Waals surface area (Å²) >= 11 is 0. The summed E-state index contributed by atoms with van der Waals surface area (Å²) < 4.78 is 11.7. The Kier molecular flexibility index (Phi) is 6.29. The highest BCUT2D eigenvalue weighted by atomic mass is 16.7. The number of ether oxygens (including phenoxy) is 2. The van der Waals surface area contributed by atoms with Crippen molar-refractivity contribution in [3.8, 4) is 0 Å². The number of hydrogen-bond acceptors (Lipinski definition) is 7. The van der Waals surface area contributed by atoms with Crippen molar-refractivity contribution in [2.24, 2.45) is 22.7 Å². The highest BCUT2D eigenvalue weighted by Gasteiger charge is 2.56. The molecule has 3 rings (SSSR count). The van der Waals surface area contributed by atoms with Gasteiger partial charge in [-0.25, -0.2) is 0 Å². The Labute approximate surface area is 167 Å². The van der Waals surface area contributed by atoms with E-state index in [-0.39, 0.29) is 29.5 Å². The van der Waals surface area contributed by atoms with Crippen LogP contribution in [-0.4, -0.2) is 75.6 Å². The van der Waals surface area contributed by atoms with Crippen molar-refractivity contribution < 1.29 is 35.0 Å². The van der Waals surface area contributed by atoms with Crippen LogP contribution >= 0.6 is 0 Å². The van der Waals surface area contributed by atoms with Gasteiger partial charge in [-0.05, 0) is 42.4 Å². The molecular formula is C21H36O7. The first-order valence-corrected chi connectivity index (χ1v) is 10.3. The van der Waals surface area contributed by atoms with Crippen LogP contribution in [0, 0.1) is 22.7 Å². The second-order valence-corrected chi connectivity index (χ2v) is 9.84. The van der Waals surface area contributed by atoms with Crippen molar-refractivity contribution in [1.29, 1.82) is 0 Å². The van der Waals surface area contributed by atoms with Crippen LogP contribution < -0.4 is 0 Å². The smallest absolute Gasteiger partial charge is 0.186 e. The number of fused-ring (bicyclic) bond motifs is 1. The van der Waals surface area contributed by atoms with Crippen molar-refractivity contribution in [2.45, 2.75) is 83.3 Å². The van der Waals surface area contributed by atoms with E-state index in [1.165, 1.54) is 0 Å². The molecule has 1 saturated heterocycles. The molecule has 7 nitrogen and oxygen atoms in total. The molecule has 3 fully saturated rings. The summed E-state index contributed by atoms with van der Waals surface area (Å²) in [5.74, 6) is 0.407. The highest BCUT2D eigenvalue weighted by molar-refractivity contribution is 5.16. The topological polar surface area (TPSA) is 120 Å². The maximum atomic E-state index is 10.3. The quantitative estimate of drug-likeness (QED) is 0.346. The summed E-state index contributed by atoms with van der Waals surface area (Å²) in [4.78, 5) is 0. The Morgan fingerprint density at radius 3 is 2.32 bits per heavy atom. The number of rotatable bonds is 4. The second-order valence-electron chi connectivity index (χ2n) is 9.84. The Bertz CT molecular complexity index is 577. The van der Waals surface area contributed by atoms with Gasteiger partial charge < -0.3 is 35.0 Å². The molecule has 162 valence electrons. The van der Waals surface area contributed by atoms with Gasteiger partial charge >= 0.3 is 0 Å². The van der Waals surface area contributed by atoms with Crippen molar-refractivity contribution in [3.63, 3.8) is 0 Å². The minimum absolute atomic E-state index is 0.00766.